The summed E-state index contributed by atoms with van der Waals surface area (Å²) in [6.45, 7) is 2.63. The van der Waals surface area contributed by atoms with E-state index in [9.17, 15) is 4.79 Å². The van der Waals surface area contributed by atoms with E-state index in [4.69, 9.17) is 0 Å². The molecule has 3 nitrogen and oxygen atoms in total. The molecule has 1 N–H and O–H groups in total. The van der Waals surface area contributed by atoms with Gasteiger partial charge in [0.1, 0.15) is 5.01 Å². The van der Waals surface area contributed by atoms with Gasteiger partial charge in [0.05, 0.1) is 16.8 Å². The lowest BCUT2D eigenvalue weighted by Crippen LogP contribution is -2.22. The zero-order valence-corrected chi connectivity index (χ0v) is 10.7. The number of unbranched alkanes of at least 4 members (excludes halogenated alkanes) is 1. The average molecular weight is 248 g/mol. The van der Waals surface area contributed by atoms with E-state index in [1.807, 2.05) is 18.2 Å². The molecule has 0 unspecified atom stereocenters. The summed E-state index contributed by atoms with van der Waals surface area (Å²) in [6, 6.07) is 8.03. The summed E-state index contributed by atoms with van der Waals surface area (Å²) >= 11 is 1.64. The molecule has 0 aliphatic carbocycles. The van der Waals surface area contributed by atoms with Gasteiger partial charge in [0, 0.05) is 6.42 Å². The van der Waals surface area contributed by atoms with Crippen LogP contribution in [0.1, 0.15) is 31.2 Å². The number of para-hydroxylation sites is 1. The van der Waals surface area contributed by atoms with Crippen molar-refractivity contribution in [2.45, 2.75) is 32.7 Å². The van der Waals surface area contributed by atoms with Gasteiger partial charge in [-0.3, -0.25) is 4.79 Å². The zero-order valence-electron chi connectivity index (χ0n) is 9.90. The Bertz CT molecular complexity index is 474. The number of thiazole rings is 1. The van der Waals surface area contributed by atoms with Gasteiger partial charge in [0.15, 0.2) is 0 Å². The zero-order chi connectivity index (χ0) is 12.1. The Morgan fingerprint density at radius 2 is 2.24 bits per heavy atom. The molecule has 2 rings (SSSR count). The molecule has 1 aromatic carbocycles. The summed E-state index contributed by atoms with van der Waals surface area (Å²) in [5, 5.41) is 3.87. The molecule has 0 spiro atoms. The second-order valence-corrected chi connectivity index (χ2v) is 5.07. The average Bonchev–Trinajstić information content (AvgIpc) is 2.76. The Morgan fingerprint density at radius 1 is 1.41 bits per heavy atom. The first-order valence-corrected chi connectivity index (χ1v) is 6.72. The van der Waals surface area contributed by atoms with Gasteiger partial charge >= 0.3 is 0 Å². The number of hydrogen-bond acceptors (Lipinski definition) is 3. The maximum atomic E-state index is 11.5. The van der Waals surface area contributed by atoms with Crippen LogP contribution in [0.15, 0.2) is 24.3 Å². The van der Waals surface area contributed by atoms with Gasteiger partial charge in [-0.2, -0.15) is 0 Å². The molecule has 0 aliphatic rings. The van der Waals surface area contributed by atoms with Crippen LogP contribution < -0.4 is 5.32 Å². The van der Waals surface area contributed by atoms with Crippen LogP contribution in [-0.2, 0) is 11.3 Å². The van der Waals surface area contributed by atoms with Crippen LogP contribution in [0.2, 0.25) is 0 Å². The Hall–Kier alpha value is -1.42. The van der Waals surface area contributed by atoms with E-state index in [0.29, 0.717) is 13.0 Å². The number of fused-ring (bicyclic) bond motifs is 1. The standard InChI is InChI=1S/C13H16N2OS/c1-2-3-8-12(16)14-9-13-15-10-6-4-5-7-11(10)17-13/h4-7H,2-3,8-9H2,1H3,(H,14,16). The van der Waals surface area contributed by atoms with Crippen LogP contribution in [0.3, 0.4) is 0 Å². The lowest BCUT2D eigenvalue weighted by molar-refractivity contribution is -0.121. The van der Waals surface area contributed by atoms with E-state index in [-0.39, 0.29) is 5.91 Å². The molecular weight excluding hydrogens is 232 g/mol. The fourth-order valence-electron chi connectivity index (χ4n) is 1.60. The fourth-order valence-corrected chi connectivity index (χ4v) is 2.50. The molecule has 0 fully saturated rings. The van der Waals surface area contributed by atoms with Crippen LogP contribution in [-0.4, -0.2) is 10.9 Å². The van der Waals surface area contributed by atoms with Crippen molar-refractivity contribution in [1.82, 2.24) is 10.3 Å². The van der Waals surface area contributed by atoms with Gasteiger partial charge in [0.25, 0.3) is 0 Å². The molecule has 0 radical (unpaired) electrons. The van der Waals surface area contributed by atoms with Gasteiger partial charge in [-0.05, 0) is 18.6 Å². The second kappa shape index (κ2) is 5.77. The highest BCUT2D eigenvalue weighted by Crippen LogP contribution is 2.21. The smallest absolute Gasteiger partial charge is 0.220 e. The highest BCUT2D eigenvalue weighted by molar-refractivity contribution is 7.18. The number of rotatable bonds is 5. The fraction of sp³-hybridized carbons (Fsp3) is 0.385. The Kier molecular flexibility index (Phi) is 4.09. The van der Waals surface area contributed by atoms with Crippen LogP contribution in [0.5, 0.6) is 0 Å². The number of nitrogens with one attached hydrogen (secondary N) is 1. The second-order valence-electron chi connectivity index (χ2n) is 3.96. The molecule has 0 aliphatic heterocycles. The minimum Gasteiger partial charge on any atom is -0.350 e. The number of nitrogens with zero attached hydrogens (tertiary/aromatic N) is 1. The normalized spacial score (nSPS) is 10.6. The number of hydrogen-bond donors (Lipinski definition) is 1. The summed E-state index contributed by atoms with van der Waals surface area (Å²) in [7, 11) is 0. The number of aromatic nitrogens is 1. The monoisotopic (exact) mass is 248 g/mol. The summed E-state index contributed by atoms with van der Waals surface area (Å²) in [5.74, 6) is 0.117. The van der Waals surface area contributed by atoms with Crippen molar-refractivity contribution >= 4 is 27.5 Å². The first-order chi connectivity index (χ1) is 8.29. The van der Waals surface area contributed by atoms with E-state index >= 15 is 0 Å². The summed E-state index contributed by atoms with van der Waals surface area (Å²) < 4.78 is 1.17. The predicted octanol–water partition coefficient (Wildman–Crippen LogP) is 3.10. The maximum absolute atomic E-state index is 11.5. The molecule has 0 atom stereocenters. The number of carbonyl (C=O) groups excluding carboxylic acids is 1. The molecule has 17 heavy (non-hydrogen) atoms. The van der Waals surface area contributed by atoms with Crippen molar-refractivity contribution < 1.29 is 4.79 Å². The third-order valence-electron chi connectivity index (χ3n) is 2.53. The van der Waals surface area contributed by atoms with Gasteiger partial charge in [-0.1, -0.05) is 25.5 Å². The molecule has 90 valence electrons. The van der Waals surface area contributed by atoms with Crippen molar-refractivity contribution in [2.24, 2.45) is 0 Å². The summed E-state index contributed by atoms with van der Waals surface area (Å²) in [6.07, 6.45) is 2.61. The Labute approximate surface area is 105 Å². The Morgan fingerprint density at radius 3 is 3.00 bits per heavy atom. The predicted molar refractivity (Wildman–Crippen MR) is 71.0 cm³/mol. The molecule has 0 saturated heterocycles. The maximum Gasteiger partial charge on any atom is 0.220 e. The van der Waals surface area contributed by atoms with Crippen molar-refractivity contribution in [3.05, 3.63) is 29.3 Å². The topological polar surface area (TPSA) is 42.0 Å². The quantitative estimate of drug-likeness (QED) is 0.883. The molecule has 1 heterocycles. The third kappa shape index (κ3) is 3.27. The lowest BCUT2D eigenvalue weighted by Gasteiger charge is -2.01. The van der Waals surface area contributed by atoms with Crippen molar-refractivity contribution in [2.75, 3.05) is 0 Å². The van der Waals surface area contributed by atoms with Gasteiger partial charge in [-0.25, -0.2) is 4.98 Å². The first-order valence-electron chi connectivity index (χ1n) is 5.90. The van der Waals surface area contributed by atoms with Crippen molar-refractivity contribution in [3.63, 3.8) is 0 Å². The largest absolute Gasteiger partial charge is 0.350 e. The van der Waals surface area contributed by atoms with Gasteiger partial charge < -0.3 is 5.32 Å². The van der Waals surface area contributed by atoms with Crippen molar-refractivity contribution in [1.29, 1.82) is 0 Å². The first kappa shape index (κ1) is 12.0. The van der Waals surface area contributed by atoms with Crippen molar-refractivity contribution in [3.8, 4) is 0 Å². The molecule has 4 heteroatoms. The molecule has 1 aromatic heterocycles. The van der Waals surface area contributed by atoms with Crippen LogP contribution in [0.4, 0.5) is 0 Å². The minimum atomic E-state index is 0.117. The van der Waals surface area contributed by atoms with Crippen LogP contribution in [0, 0.1) is 0 Å². The molecule has 0 bridgehead atoms. The van der Waals surface area contributed by atoms with E-state index < -0.39 is 0 Å². The van der Waals surface area contributed by atoms with Crippen LogP contribution >= 0.6 is 11.3 Å². The highest BCUT2D eigenvalue weighted by atomic mass is 32.1. The van der Waals surface area contributed by atoms with E-state index in [0.717, 1.165) is 23.4 Å². The molecule has 1 amide bonds. The lowest BCUT2D eigenvalue weighted by atomic mass is 10.2. The molecule has 0 saturated carbocycles. The molecule has 2 aromatic rings. The molecular formula is C13H16N2OS. The van der Waals surface area contributed by atoms with Gasteiger partial charge in [0.2, 0.25) is 5.91 Å². The number of amides is 1. The minimum absolute atomic E-state index is 0.117. The summed E-state index contributed by atoms with van der Waals surface area (Å²) in [5.41, 5.74) is 1.01. The summed E-state index contributed by atoms with van der Waals surface area (Å²) in [4.78, 5) is 15.9. The Balaban J connectivity index is 1.92. The third-order valence-corrected chi connectivity index (χ3v) is 3.57. The van der Waals surface area contributed by atoms with E-state index in [1.54, 1.807) is 11.3 Å². The van der Waals surface area contributed by atoms with Crippen LogP contribution in [0.25, 0.3) is 10.2 Å². The van der Waals surface area contributed by atoms with E-state index in [2.05, 4.69) is 23.3 Å². The SMILES string of the molecule is CCCCC(=O)NCc1nc2ccccc2s1. The highest BCUT2D eigenvalue weighted by Gasteiger charge is 2.05. The van der Waals surface area contributed by atoms with Gasteiger partial charge in [-0.15, -0.1) is 11.3 Å². The van der Waals surface area contributed by atoms with E-state index in [1.165, 1.54) is 4.70 Å². The number of carbonyl (C=O) groups is 1. The number of benzene rings is 1.